The number of carbonyl (C=O) groups is 1. The topological polar surface area (TPSA) is 77.2 Å². The molecule has 31 heavy (non-hydrogen) atoms. The second-order valence-electron chi connectivity index (χ2n) is 7.95. The Morgan fingerprint density at radius 3 is 2.68 bits per heavy atom. The Morgan fingerprint density at radius 2 is 2.03 bits per heavy atom. The lowest BCUT2D eigenvalue weighted by molar-refractivity contribution is -0.138. The van der Waals surface area contributed by atoms with Crippen molar-refractivity contribution in [3.05, 3.63) is 39.9 Å². The smallest absolute Gasteiger partial charge is 0.319 e. The van der Waals surface area contributed by atoms with E-state index in [4.69, 9.17) is 16.9 Å². The number of carboxylic acid groups (broad SMARTS) is 1. The summed E-state index contributed by atoms with van der Waals surface area (Å²) in [4.78, 5) is 18.3. The fraction of sp³-hybridized carbons (Fsp3) is 0.522. The van der Waals surface area contributed by atoms with Crippen LogP contribution in [0.4, 0.5) is 5.69 Å². The number of benzene rings is 1. The molecule has 2 rings (SSSR count). The minimum atomic E-state index is -0.904. The molecule has 1 aromatic heterocycles. The van der Waals surface area contributed by atoms with Gasteiger partial charge in [0.2, 0.25) is 0 Å². The van der Waals surface area contributed by atoms with Gasteiger partial charge in [-0.25, -0.2) is 4.98 Å². The Kier molecular flexibility index (Phi) is 10.1. The Labute approximate surface area is 198 Å². The van der Waals surface area contributed by atoms with Crippen LogP contribution in [0.2, 0.25) is 5.02 Å². The number of hydrogen-bond donors (Lipinski definition) is 1. The van der Waals surface area contributed by atoms with E-state index < -0.39 is 10.7 Å². The summed E-state index contributed by atoms with van der Waals surface area (Å²) in [6.07, 6.45) is 6.77. The number of aliphatic carboxylic acids is 1. The number of thiazole rings is 1. The van der Waals surface area contributed by atoms with Crippen molar-refractivity contribution in [1.82, 2.24) is 4.98 Å². The van der Waals surface area contributed by atoms with Gasteiger partial charge in [0.05, 0.1) is 16.3 Å². The fourth-order valence-electron chi connectivity index (χ4n) is 3.03. The molecule has 168 valence electrons. The largest absolute Gasteiger partial charge is 0.480 e. The van der Waals surface area contributed by atoms with Crippen molar-refractivity contribution in [3.8, 4) is 6.07 Å². The SMILES string of the molecule is CCCCCCCN(CCc1csc(SC(C)(C)C(=O)O)n1)c1ccc(C#N)c(Cl)c1. The molecule has 0 unspecified atom stereocenters. The first kappa shape index (κ1) is 25.5. The molecule has 0 radical (unpaired) electrons. The molecule has 0 saturated carbocycles. The van der Waals surface area contributed by atoms with Gasteiger partial charge in [-0.05, 0) is 38.5 Å². The summed E-state index contributed by atoms with van der Waals surface area (Å²) in [5, 5.41) is 21.0. The van der Waals surface area contributed by atoms with Crippen molar-refractivity contribution in [1.29, 1.82) is 5.26 Å². The van der Waals surface area contributed by atoms with Gasteiger partial charge in [0, 0.05) is 30.6 Å². The highest BCUT2D eigenvalue weighted by Gasteiger charge is 2.29. The summed E-state index contributed by atoms with van der Waals surface area (Å²) in [6, 6.07) is 7.70. The third-order valence-electron chi connectivity index (χ3n) is 5.00. The Hall–Kier alpha value is -1.75. The van der Waals surface area contributed by atoms with E-state index in [1.807, 2.05) is 17.5 Å². The average molecular weight is 480 g/mol. The van der Waals surface area contributed by atoms with Gasteiger partial charge in [0.1, 0.15) is 10.8 Å². The molecule has 1 aromatic carbocycles. The Morgan fingerprint density at radius 1 is 1.29 bits per heavy atom. The van der Waals surface area contributed by atoms with Gasteiger partial charge in [-0.2, -0.15) is 5.26 Å². The zero-order valence-corrected chi connectivity index (χ0v) is 20.7. The number of aromatic nitrogens is 1. The van der Waals surface area contributed by atoms with Crippen LogP contribution in [0.5, 0.6) is 0 Å². The first-order chi connectivity index (χ1) is 14.8. The number of carboxylic acids is 1. The summed E-state index contributed by atoms with van der Waals surface area (Å²) in [6.45, 7) is 7.30. The normalized spacial score (nSPS) is 11.3. The number of halogens is 1. The molecule has 0 aliphatic rings. The van der Waals surface area contributed by atoms with Gasteiger partial charge in [0.15, 0.2) is 4.34 Å². The van der Waals surface area contributed by atoms with E-state index in [1.165, 1.54) is 48.8 Å². The molecule has 2 aromatic rings. The van der Waals surface area contributed by atoms with E-state index >= 15 is 0 Å². The van der Waals surface area contributed by atoms with Crippen LogP contribution in [0, 0.1) is 11.3 Å². The molecule has 0 aliphatic carbocycles. The van der Waals surface area contributed by atoms with Crippen LogP contribution in [-0.2, 0) is 11.2 Å². The van der Waals surface area contributed by atoms with Crippen molar-refractivity contribution in [2.75, 3.05) is 18.0 Å². The van der Waals surface area contributed by atoms with E-state index in [1.54, 1.807) is 19.9 Å². The third kappa shape index (κ3) is 8.03. The Balaban J connectivity index is 2.05. The van der Waals surface area contributed by atoms with Crippen LogP contribution >= 0.6 is 34.7 Å². The highest BCUT2D eigenvalue weighted by molar-refractivity contribution is 8.02. The highest BCUT2D eigenvalue weighted by Crippen LogP contribution is 2.35. The molecule has 0 bridgehead atoms. The predicted octanol–water partition coefficient (Wildman–Crippen LogP) is 6.64. The van der Waals surface area contributed by atoms with Crippen molar-refractivity contribution >= 4 is 46.4 Å². The van der Waals surface area contributed by atoms with E-state index in [0.717, 1.165) is 41.7 Å². The molecule has 1 N–H and O–H groups in total. The fourth-order valence-corrected chi connectivity index (χ4v) is 5.47. The van der Waals surface area contributed by atoms with Gasteiger partial charge >= 0.3 is 5.97 Å². The average Bonchev–Trinajstić information content (AvgIpc) is 3.16. The Bertz CT molecular complexity index is 908. The van der Waals surface area contributed by atoms with Crippen LogP contribution < -0.4 is 4.90 Å². The quantitative estimate of drug-likeness (QED) is 0.256. The number of unbranched alkanes of at least 4 members (excludes halogenated alkanes) is 4. The molecule has 1 heterocycles. The molecule has 0 aliphatic heterocycles. The highest BCUT2D eigenvalue weighted by atomic mass is 35.5. The van der Waals surface area contributed by atoms with E-state index in [0.29, 0.717) is 10.6 Å². The maximum Gasteiger partial charge on any atom is 0.319 e. The molecule has 0 amide bonds. The molecule has 0 atom stereocenters. The van der Waals surface area contributed by atoms with Crippen molar-refractivity contribution in [2.24, 2.45) is 0 Å². The number of thioether (sulfide) groups is 1. The molecular formula is C23H30ClN3O2S2. The molecule has 0 saturated heterocycles. The summed E-state index contributed by atoms with van der Waals surface area (Å²) in [7, 11) is 0. The summed E-state index contributed by atoms with van der Waals surface area (Å²) >= 11 is 9.04. The summed E-state index contributed by atoms with van der Waals surface area (Å²) in [5.41, 5.74) is 2.45. The van der Waals surface area contributed by atoms with Crippen molar-refractivity contribution < 1.29 is 9.90 Å². The summed E-state index contributed by atoms with van der Waals surface area (Å²) < 4.78 is -0.131. The number of anilines is 1. The van der Waals surface area contributed by atoms with Crippen LogP contribution in [0.1, 0.15) is 64.1 Å². The number of hydrogen-bond acceptors (Lipinski definition) is 6. The monoisotopic (exact) mass is 479 g/mol. The minimum absolute atomic E-state index is 0.472. The van der Waals surface area contributed by atoms with Gasteiger partial charge in [-0.3, -0.25) is 4.79 Å². The van der Waals surface area contributed by atoms with Crippen molar-refractivity contribution in [2.45, 2.75) is 68.4 Å². The second kappa shape index (κ2) is 12.3. The number of rotatable bonds is 13. The lowest BCUT2D eigenvalue weighted by atomic mass is 10.1. The molecule has 5 nitrogen and oxygen atoms in total. The van der Waals surface area contributed by atoms with E-state index in [2.05, 4.69) is 22.9 Å². The molecule has 0 spiro atoms. The first-order valence-corrected chi connectivity index (χ1v) is 12.7. The maximum absolute atomic E-state index is 11.4. The number of nitriles is 1. The van der Waals surface area contributed by atoms with Crippen LogP contribution in [0.25, 0.3) is 0 Å². The standard InChI is InChI=1S/C23H30ClN3O2S2/c1-4-5-6-7-8-12-27(19-10-9-17(15-25)20(24)14-19)13-11-18-16-30-22(26-18)31-23(2,3)21(28)29/h9-10,14,16H,4-8,11-13H2,1-3H3,(H,28,29). The lowest BCUT2D eigenvalue weighted by Crippen LogP contribution is -2.27. The predicted molar refractivity (Wildman–Crippen MR) is 131 cm³/mol. The summed E-state index contributed by atoms with van der Waals surface area (Å²) in [5.74, 6) is -0.846. The molecular weight excluding hydrogens is 450 g/mol. The van der Waals surface area contributed by atoms with Gasteiger partial charge in [-0.15, -0.1) is 11.3 Å². The first-order valence-electron chi connectivity index (χ1n) is 10.6. The minimum Gasteiger partial charge on any atom is -0.480 e. The van der Waals surface area contributed by atoms with Crippen LogP contribution in [0.3, 0.4) is 0 Å². The van der Waals surface area contributed by atoms with Gasteiger partial charge in [-0.1, -0.05) is 56.0 Å². The van der Waals surface area contributed by atoms with E-state index in [9.17, 15) is 9.90 Å². The molecule has 0 fully saturated rings. The van der Waals surface area contributed by atoms with E-state index in [-0.39, 0.29) is 0 Å². The zero-order chi connectivity index (χ0) is 22.9. The maximum atomic E-state index is 11.4. The second-order valence-corrected chi connectivity index (χ2v) is 11.1. The van der Waals surface area contributed by atoms with Crippen molar-refractivity contribution in [3.63, 3.8) is 0 Å². The van der Waals surface area contributed by atoms with Crippen LogP contribution in [-0.4, -0.2) is 33.9 Å². The number of nitrogens with zero attached hydrogens (tertiary/aromatic N) is 3. The molecule has 8 heteroatoms. The zero-order valence-electron chi connectivity index (χ0n) is 18.4. The van der Waals surface area contributed by atoms with Crippen LogP contribution in [0.15, 0.2) is 27.9 Å². The van der Waals surface area contributed by atoms with Gasteiger partial charge in [0.25, 0.3) is 0 Å². The lowest BCUT2D eigenvalue weighted by Gasteiger charge is -2.25. The van der Waals surface area contributed by atoms with Gasteiger partial charge < -0.3 is 10.0 Å². The third-order valence-corrected chi connectivity index (χ3v) is 7.48.